The second kappa shape index (κ2) is 9.33. The number of nitrogens with one attached hydrogen (secondary N) is 1. The van der Waals surface area contributed by atoms with E-state index in [1.54, 1.807) is 0 Å². The quantitative estimate of drug-likeness (QED) is 0.519. The Labute approximate surface area is 161 Å². The van der Waals surface area contributed by atoms with Gasteiger partial charge in [0.25, 0.3) is 0 Å². The molecule has 3 nitrogen and oxygen atoms in total. The van der Waals surface area contributed by atoms with Crippen LogP contribution in [-0.2, 0) is 17.6 Å². The second-order valence-electron chi connectivity index (χ2n) is 7.06. The van der Waals surface area contributed by atoms with E-state index in [-0.39, 0.29) is 6.42 Å². The van der Waals surface area contributed by atoms with Crippen molar-refractivity contribution in [3.63, 3.8) is 0 Å². The molecule has 0 heterocycles. The monoisotopic (exact) mass is 361 g/mol. The third-order valence-electron chi connectivity index (χ3n) is 5.03. The standard InChI is InChI=1S/C24H27NO2/c1-18(22-10-4-8-21-7-2-3-9-23(21)22)25-17-5-6-19-11-13-20(14-12-19)15-16-24(26)27/h2-4,7-14,18,25H,5-6,15-17H2,1H3,(H,26,27)/t18-/m1/s1. The van der Waals surface area contributed by atoms with E-state index in [0.29, 0.717) is 12.5 Å². The summed E-state index contributed by atoms with van der Waals surface area (Å²) in [6, 6.07) is 23.7. The van der Waals surface area contributed by atoms with Crippen LogP contribution in [0.25, 0.3) is 10.8 Å². The molecule has 0 amide bonds. The molecule has 0 aliphatic heterocycles. The lowest BCUT2D eigenvalue weighted by atomic mass is 9.99. The van der Waals surface area contributed by atoms with Gasteiger partial charge in [-0.1, -0.05) is 66.7 Å². The van der Waals surface area contributed by atoms with Crippen LogP contribution in [0.2, 0.25) is 0 Å². The van der Waals surface area contributed by atoms with E-state index in [1.807, 2.05) is 12.1 Å². The zero-order valence-electron chi connectivity index (χ0n) is 15.8. The number of carboxylic acids is 1. The predicted molar refractivity (Wildman–Crippen MR) is 111 cm³/mol. The zero-order valence-corrected chi connectivity index (χ0v) is 15.8. The third kappa shape index (κ3) is 5.41. The fourth-order valence-electron chi connectivity index (χ4n) is 3.47. The molecule has 0 radical (unpaired) electrons. The SMILES string of the molecule is C[C@@H](NCCCc1ccc(CCC(=O)O)cc1)c1cccc2ccccc12. The van der Waals surface area contributed by atoms with Gasteiger partial charge < -0.3 is 10.4 Å². The topological polar surface area (TPSA) is 49.3 Å². The van der Waals surface area contributed by atoms with Gasteiger partial charge in [-0.05, 0) is 60.2 Å². The normalized spacial score (nSPS) is 12.2. The van der Waals surface area contributed by atoms with Gasteiger partial charge in [0.1, 0.15) is 0 Å². The molecule has 0 aliphatic rings. The summed E-state index contributed by atoms with van der Waals surface area (Å²) >= 11 is 0. The minimum Gasteiger partial charge on any atom is -0.481 e. The van der Waals surface area contributed by atoms with Gasteiger partial charge in [0.2, 0.25) is 0 Å². The molecule has 0 unspecified atom stereocenters. The van der Waals surface area contributed by atoms with Crippen molar-refractivity contribution in [2.75, 3.05) is 6.54 Å². The second-order valence-corrected chi connectivity index (χ2v) is 7.06. The molecule has 0 fully saturated rings. The highest BCUT2D eigenvalue weighted by atomic mass is 16.4. The van der Waals surface area contributed by atoms with E-state index >= 15 is 0 Å². The maximum Gasteiger partial charge on any atom is 0.303 e. The third-order valence-corrected chi connectivity index (χ3v) is 5.03. The van der Waals surface area contributed by atoms with E-state index in [0.717, 1.165) is 24.9 Å². The van der Waals surface area contributed by atoms with Gasteiger partial charge in [-0.25, -0.2) is 0 Å². The Morgan fingerprint density at radius 1 is 0.926 bits per heavy atom. The summed E-state index contributed by atoms with van der Waals surface area (Å²) in [5, 5.41) is 15.0. The molecule has 3 aromatic carbocycles. The molecule has 3 rings (SSSR count). The average molecular weight is 361 g/mol. The molecular weight excluding hydrogens is 334 g/mol. The van der Waals surface area contributed by atoms with Crippen LogP contribution >= 0.6 is 0 Å². The summed E-state index contributed by atoms with van der Waals surface area (Å²) in [7, 11) is 0. The minimum atomic E-state index is -0.745. The number of hydrogen-bond donors (Lipinski definition) is 2. The molecule has 3 aromatic rings. The highest BCUT2D eigenvalue weighted by Crippen LogP contribution is 2.24. The highest BCUT2D eigenvalue weighted by Gasteiger charge is 2.08. The van der Waals surface area contributed by atoms with Crippen LogP contribution < -0.4 is 5.32 Å². The number of benzene rings is 3. The fourth-order valence-corrected chi connectivity index (χ4v) is 3.47. The van der Waals surface area contributed by atoms with Crippen molar-refractivity contribution in [2.24, 2.45) is 0 Å². The van der Waals surface area contributed by atoms with E-state index in [2.05, 4.69) is 66.8 Å². The maximum atomic E-state index is 10.6. The Morgan fingerprint density at radius 2 is 1.59 bits per heavy atom. The number of carbonyl (C=O) groups is 1. The van der Waals surface area contributed by atoms with Gasteiger partial charge >= 0.3 is 5.97 Å². The van der Waals surface area contributed by atoms with Gasteiger partial charge in [0.15, 0.2) is 0 Å². The molecular formula is C24H27NO2. The van der Waals surface area contributed by atoms with Crippen LogP contribution in [-0.4, -0.2) is 17.6 Å². The van der Waals surface area contributed by atoms with Crippen LogP contribution in [0.15, 0.2) is 66.7 Å². The smallest absolute Gasteiger partial charge is 0.303 e. The Balaban J connectivity index is 1.47. The lowest BCUT2D eigenvalue weighted by Crippen LogP contribution is -2.20. The van der Waals surface area contributed by atoms with Gasteiger partial charge in [-0.2, -0.15) is 0 Å². The number of aryl methyl sites for hydroxylation is 2. The van der Waals surface area contributed by atoms with Crippen molar-refractivity contribution in [2.45, 2.75) is 38.6 Å². The van der Waals surface area contributed by atoms with Crippen molar-refractivity contribution in [1.82, 2.24) is 5.32 Å². The largest absolute Gasteiger partial charge is 0.481 e. The van der Waals surface area contributed by atoms with E-state index in [9.17, 15) is 4.79 Å². The predicted octanol–water partition coefficient (Wildman–Crippen LogP) is 5.14. The molecule has 0 bridgehead atoms. The summed E-state index contributed by atoms with van der Waals surface area (Å²) < 4.78 is 0. The summed E-state index contributed by atoms with van der Waals surface area (Å²) in [5.74, 6) is -0.745. The first-order valence-corrected chi connectivity index (χ1v) is 9.64. The van der Waals surface area contributed by atoms with Gasteiger partial charge in [-0.15, -0.1) is 0 Å². The lowest BCUT2D eigenvalue weighted by molar-refractivity contribution is -0.136. The van der Waals surface area contributed by atoms with Crippen molar-refractivity contribution in [3.05, 3.63) is 83.4 Å². The summed E-state index contributed by atoms with van der Waals surface area (Å²) in [5.41, 5.74) is 3.73. The lowest BCUT2D eigenvalue weighted by Gasteiger charge is -2.16. The van der Waals surface area contributed by atoms with Gasteiger partial charge in [0.05, 0.1) is 0 Å². The van der Waals surface area contributed by atoms with Crippen molar-refractivity contribution >= 4 is 16.7 Å². The van der Waals surface area contributed by atoms with Crippen molar-refractivity contribution < 1.29 is 9.90 Å². The average Bonchev–Trinajstić information content (AvgIpc) is 2.70. The number of carboxylic acid groups (broad SMARTS) is 1. The van der Waals surface area contributed by atoms with Gasteiger partial charge in [0, 0.05) is 12.5 Å². The Hall–Kier alpha value is -2.65. The van der Waals surface area contributed by atoms with Crippen LogP contribution in [0.4, 0.5) is 0 Å². The Morgan fingerprint density at radius 3 is 2.33 bits per heavy atom. The molecule has 0 spiro atoms. The summed E-state index contributed by atoms with van der Waals surface area (Å²) in [6.07, 6.45) is 2.88. The number of rotatable bonds is 9. The van der Waals surface area contributed by atoms with Crippen LogP contribution in [0.1, 0.15) is 42.5 Å². The molecule has 0 saturated heterocycles. The molecule has 1 atom stereocenters. The van der Waals surface area contributed by atoms with Crippen LogP contribution in [0, 0.1) is 0 Å². The van der Waals surface area contributed by atoms with E-state index < -0.39 is 5.97 Å². The van der Waals surface area contributed by atoms with Gasteiger partial charge in [-0.3, -0.25) is 4.79 Å². The number of fused-ring (bicyclic) bond motifs is 1. The number of hydrogen-bond acceptors (Lipinski definition) is 2. The number of aliphatic carboxylic acids is 1. The zero-order chi connectivity index (χ0) is 19.1. The molecule has 27 heavy (non-hydrogen) atoms. The summed E-state index contributed by atoms with van der Waals surface area (Å²) in [6.45, 7) is 3.18. The first-order chi connectivity index (χ1) is 13.1. The first kappa shape index (κ1) is 19.1. The van der Waals surface area contributed by atoms with Crippen LogP contribution in [0.5, 0.6) is 0 Å². The maximum absolute atomic E-state index is 10.6. The minimum absolute atomic E-state index is 0.190. The van der Waals surface area contributed by atoms with Crippen molar-refractivity contribution in [3.8, 4) is 0 Å². The molecule has 0 saturated carbocycles. The van der Waals surface area contributed by atoms with E-state index in [4.69, 9.17) is 5.11 Å². The molecule has 3 heteroatoms. The molecule has 140 valence electrons. The molecule has 2 N–H and O–H groups in total. The highest BCUT2D eigenvalue weighted by molar-refractivity contribution is 5.86. The molecule has 0 aromatic heterocycles. The summed E-state index contributed by atoms with van der Waals surface area (Å²) in [4.78, 5) is 10.6. The van der Waals surface area contributed by atoms with Crippen molar-refractivity contribution in [1.29, 1.82) is 0 Å². The van der Waals surface area contributed by atoms with E-state index in [1.165, 1.54) is 21.9 Å². The van der Waals surface area contributed by atoms with Crippen LogP contribution in [0.3, 0.4) is 0 Å². The Kier molecular flexibility index (Phi) is 6.61. The first-order valence-electron chi connectivity index (χ1n) is 9.64. The fraction of sp³-hybridized carbons (Fsp3) is 0.292. The molecule has 0 aliphatic carbocycles. The Bertz CT molecular complexity index is 881.